The van der Waals surface area contributed by atoms with E-state index in [0.29, 0.717) is 6.04 Å². The van der Waals surface area contributed by atoms with Gasteiger partial charge in [0.2, 0.25) is 5.88 Å². The molecule has 0 aliphatic carbocycles. The van der Waals surface area contributed by atoms with E-state index in [1.807, 2.05) is 18.7 Å². The molecule has 0 spiro atoms. The van der Waals surface area contributed by atoms with E-state index < -0.39 is 0 Å². The highest BCUT2D eigenvalue weighted by Crippen LogP contribution is 2.22. The fourth-order valence-corrected chi connectivity index (χ4v) is 2.91. The van der Waals surface area contributed by atoms with E-state index in [9.17, 15) is 0 Å². The number of hydrogen-bond donors (Lipinski definition) is 1. The second-order valence-corrected chi connectivity index (χ2v) is 5.54. The molecule has 0 amide bonds. The van der Waals surface area contributed by atoms with Crippen molar-refractivity contribution in [3.8, 4) is 5.88 Å². The Morgan fingerprint density at radius 2 is 2.26 bits per heavy atom. The molecule has 1 aromatic heterocycles. The Kier molecular flexibility index (Phi) is 4.82. The molecule has 5 heteroatoms. The molecule has 0 saturated carbocycles. The maximum atomic E-state index is 5.45. The van der Waals surface area contributed by atoms with E-state index in [1.165, 1.54) is 24.8 Å². The Labute approximate surface area is 115 Å². The van der Waals surface area contributed by atoms with E-state index in [-0.39, 0.29) is 0 Å². The summed E-state index contributed by atoms with van der Waals surface area (Å²) in [7, 11) is 5.81. The van der Waals surface area contributed by atoms with Crippen LogP contribution in [0.3, 0.4) is 0 Å². The van der Waals surface area contributed by atoms with E-state index in [4.69, 9.17) is 4.74 Å². The van der Waals surface area contributed by atoms with Crippen molar-refractivity contribution in [2.24, 2.45) is 7.05 Å². The van der Waals surface area contributed by atoms with E-state index in [0.717, 1.165) is 31.2 Å². The van der Waals surface area contributed by atoms with E-state index in [1.54, 1.807) is 7.11 Å². The zero-order chi connectivity index (χ0) is 13.8. The second kappa shape index (κ2) is 6.39. The first-order chi connectivity index (χ1) is 9.11. The molecule has 0 aromatic carbocycles. The summed E-state index contributed by atoms with van der Waals surface area (Å²) < 4.78 is 7.26. The van der Waals surface area contributed by atoms with Gasteiger partial charge in [-0.2, -0.15) is 5.10 Å². The Hall–Kier alpha value is -1.07. The lowest BCUT2D eigenvalue weighted by molar-refractivity contribution is 0.252. The smallest absolute Gasteiger partial charge is 0.216 e. The van der Waals surface area contributed by atoms with Crippen LogP contribution in [0.5, 0.6) is 5.88 Å². The van der Waals surface area contributed by atoms with Gasteiger partial charge in [-0.1, -0.05) is 6.42 Å². The molecule has 0 radical (unpaired) electrons. The molecule has 2 heterocycles. The number of nitrogens with one attached hydrogen (secondary N) is 1. The molecule has 5 nitrogen and oxygen atoms in total. The van der Waals surface area contributed by atoms with Crippen molar-refractivity contribution in [1.29, 1.82) is 0 Å². The van der Waals surface area contributed by atoms with Crippen molar-refractivity contribution in [3.63, 3.8) is 0 Å². The van der Waals surface area contributed by atoms with Crippen molar-refractivity contribution in [2.45, 2.75) is 38.8 Å². The largest absolute Gasteiger partial charge is 0.481 e. The number of nitrogens with zero attached hydrogens (tertiary/aromatic N) is 3. The molecular formula is C14H26N4O. The summed E-state index contributed by atoms with van der Waals surface area (Å²) in [6.45, 7) is 5.18. The summed E-state index contributed by atoms with van der Waals surface area (Å²) in [6, 6.07) is 0.627. The predicted molar refractivity (Wildman–Crippen MR) is 76.5 cm³/mol. The van der Waals surface area contributed by atoms with Gasteiger partial charge in [0.1, 0.15) is 0 Å². The minimum absolute atomic E-state index is 0.627. The van der Waals surface area contributed by atoms with Crippen LogP contribution in [0.15, 0.2) is 0 Å². The normalized spacial score (nSPS) is 19.9. The summed E-state index contributed by atoms with van der Waals surface area (Å²) >= 11 is 0. The Morgan fingerprint density at radius 3 is 2.89 bits per heavy atom. The van der Waals surface area contributed by atoms with Crippen molar-refractivity contribution in [3.05, 3.63) is 11.3 Å². The molecule has 1 aliphatic heterocycles. The average molecular weight is 266 g/mol. The molecule has 1 atom stereocenters. The molecule has 0 bridgehead atoms. The molecule has 1 aliphatic rings. The predicted octanol–water partition coefficient (Wildman–Crippen LogP) is 1.31. The second-order valence-electron chi connectivity index (χ2n) is 5.54. The van der Waals surface area contributed by atoms with Crippen LogP contribution < -0.4 is 10.1 Å². The minimum atomic E-state index is 0.627. The van der Waals surface area contributed by atoms with Gasteiger partial charge < -0.3 is 15.0 Å². The molecule has 2 rings (SSSR count). The maximum Gasteiger partial charge on any atom is 0.216 e. The van der Waals surface area contributed by atoms with Crippen LogP contribution in [-0.4, -0.2) is 48.0 Å². The van der Waals surface area contributed by atoms with Crippen LogP contribution in [0.2, 0.25) is 0 Å². The Bertz CT molecular complexity index is 410. The maximum absolute atomic E-state index is 5.45. The molecular weight excluding hydrogens is 240 g/mol. The molecule has 108 valence electrons. The summed E-state index contributed by atoms with van der Waals surface area (Å²) in [5, 5.41) is 8.02. The van der Waals surface area contributed by atoms with E-state index in [2.05, 4.69) is 22.4 Å². The topological polar surface area (TPSA) is 42.3 Å². The molecule has 1 N–H and O–H groups in total. The molecule has 1 aromatic rings. The van der Waals surface area contributed by atoms with Crippen LogP contribution >= 0.6 is 0 Å². The lowest BCUT2D eigenvalue weighted by Gasteiger charge is -2.28. The molecule has 1 unspecified atom stereocenters. The number of hydrogen-bond acceptors (Lipinski definition) is 4. The summed E-state index contributed by atoms with van der Waals surface area (Å²) in [5.41, 5.74) is 2.26. The summed E-state index contributed by atoms with van der Waals surface area (Å²) in [5.74, 6) is 0.876. The van der Waals surface area contributed by atoms with Gasteiger partial charge in [-0.25, -0.2) is 4.68 Å². The standard InChI is InChI=1S/C14H26N4O/c1-11-13(14(19-4)18(3)16-11)10-17(2)9-12-7-5-6-8-15-12/h12,15H,5-10H2,1-4H3. The highest BCUT2D eigenvalue weighted by Gasteiger charge is 2.18. The first-order valence-corrected chi connectivity index (χ1v) is 7.10. The zero-order valence-electron chi connectivity index (χ0n) is 12.6. The first kappa shape index (κ1) is 14.3. The summed E-state index contributed by atoms with van der Waals surface area (Å²) in [6.07, 6.45) is 3.95. The number of ether oxygens (including phenoxy) is 1. The highest BCUT2D eigenvalue weighted by molar-refractivity contribution is 5.30. The van der Waals surface area contributed by atoms with Crippen LogP contribution in [0.1, 0.15) is 30.5 Å². The van der Waals surface area contributed by atoms with Gasteiger partial charge in [-0.15, -0.1) is 0 Å². The van der Waals surface area contributed by atoms with Gasteiger partial charge in [0.25, 0.3) is 0 Å². The average Bonchev–Trinajstić information content (AvgIpc) is 2.65. The fraction of sp³-hybridized carbons (Fsp3) is 0.786. The third kappa shape index (κ3) is 3.48. The van der Waals surface area contributed by atoms with Gasteiger partial charge in [0, 0.05) is 26.2 Å². The summed E-state index contributed by atoms with van der Waals surface area (Å²) in [4.78, 5) is 2.36. The van der Waals surface area contributed by atoms with Crippen molar-refractivity contribution >= 4 is 0 Å². The quantitative estimate of drug-likeness (QED) is 0.872. The van der Waals surface area contributed by atoms with Crippen molar-refractivity contribution < 1.29 is 4.74 Å². The molecule has 19 heavy (non-hydrogen) atoms. The van der Waals surface area contributed by atoms with Crippen LogP contribution in [0.25, 0.3) is 0 Å². The fourth-order valence-electron chi connectivity index (χ4n) is 2.91. The number of rotatable bonds is 5. The highest BCUT2D eigenvalue weighted by atomic mass is 16.5. The van der Waals surface area contributed by atoms with Crippen LogP contribution in [-0.2, 0) is 13.6 Å². The van der Waals surface area contributed by atoms with Gasteiger partial charge >= 0.3 is 0 Å². The Balaban J connectivity index is 1.96. The number of methoxy groups -OCH3 is 1. The SMILES string of the molecule is COc1c(CN(C)CC2CCCCN2)c(C)nn1C. The third-order valence-electron chi connectivity index (χ3n) is 3.85. The van der Waals surface area contributed by atoms with Gasteiger partial charge in [0.05, 0.1) is 18.4 Å². The molecule has 1 fully saturated rings. The third-order valence-corrected chi connectivity index (χ3v) is 3.85. The van der Waals surface area contributed by atoms with Gasteiger partial charge in [-0.05, 0) is 33.4 Å². The minimum Gasteiger partial charge on any atom is -0.481 e. The van der Waals surface area contributed by atoms with E-state index >= 15 is 0 Å². The number of aromatic nitrogens is 2. The Morgan fingerprint density at radius 1 is 1.47 bits per heavy atom. The number of likely N-dealkylation sites (N-methyl/N-ethyl adjacent to an activating group) is 1. The number of aryl methyl sites for hydroxylation is 2. The molecule has 1 saturated heterocycles. The van der Waals surface area contributed by atoms with Crippen molar-refractivity contribution in [1.82, 2.24) is 20.0 Å². The monoisotopic (exact) mass is 266 g/mol. The van der Waals surface area contributed by atoms with Gasteiger partial charge in [0.15, 0.2) is 0 Å². The van der Waals surface area contributed by atoms with Crippen LogP contribution in [0.4, 0.5) is 0 Å². The number of piperidine rings is 1. The first-order valence-electron chi connectivity index (χ1n) is 7.10. The lowest BCUT2D eigenvalue weighted by Crippen LogP contribution is -2.42. The lowest BCUT2D eigenvalue weighted by atomic mass is 10.0. The van der Waals surface area contributed by atoms with Crippen LogP contribution in [0, 0.1) is 6.92 Å². The van der Waals surface area contributed by atoms with Crippen molar-refractivity contribution in [2.75, 3.05) is 27.2 Å². The van der Waals surface area contributed by atoms with Gasteiger partial charge in [-0.3, -0.25) is 0 Å². The zero-order valence-corrected chi connectivity index (χ0v) is 12.6.